The molecule has 0 spiro atoms. The lowest BCUT2D eigenvalue weighted by molar-refractivity contribution is -0.274. The van der Waals surface area contributed by atoms with Gasteiger partial charge in [-0.05, 0) is 48.5 Å². The Hall–Kier alpha value is -2.30. The number of rotatable bonds is 6. The van der Waals surface area contributed by atoms with Crippen LogP contribution in [0.1, 0.15) is 13.8 Å². The SMILES string of the molecule is CC(C)OC(=O)CSc1nnnn1-c1ccc(OC(F)(F)F)cc1. The van der Waals surface area contributed by atoms with E-state index in [1.54, 1.807) is 13.8 Å². The topological polar surface area (TPSA) is 79.1 Å². The molecule has 1 aromatic heterocycles. The van der Waals surface area contributed by atoms with Gasteiger partial charge in [0.15, 0.2) is 0 Å². The van der Waals surface area contributed by atoms with Crippen LogP contribution in [-0.2, 0) is 9.53 Å². The lowest BCUT2D eigenvalue weighted by Crippen LogP contribution is -2.17. The second-order valence-electron chi connectivity index (χ2n) is 4.74. The molecule has 11 heteroatoms. The monoisotopic (exact) mass is 362 g/mol. The highest BCUT2D eigenvalue weighted by molar-refractivity contribution is 7.99. The first-order valence-electron chi connectivity index (χ1n) is 6.71. The van der Waals surface area contributed by atoms with Crippen molar-refractivity contribution in [3.8, 4) is 11.4 Å². The Labute approximate surface area is 139 Å². The van der Waals surface area contributed by atoms with Gasteiger partial charge >= 0.3 is 12.3 Å². The molecule has 0 saturated carbocycles. The van der Waals surface area contributed by atoms with E-state index in [9.17, 15) is 18.0 Å². The van der Waals surface area contributed by atoms with E-state index >= 15 is 0 Å². The highest BCUT2D eigenvalue weighted by Gasteiger charge is 2.31. The number of ether oxygens (including phenoxy) is 2. The molecule has 0 aliphatic carbocycles. The molecule has 2 aromatic rings. The summed E-state index contributed by atoms with van der Waals surface area (Å²) in [7, 11) is 0. The molecule has 0 amide bonds. The maximum atomic E-state index is 12.1. The Morgan fingerprint density at radius 2 is 1.96 bits per heavy atom. The Morgan fingerprint density at radius 1 is 1.29 bits per heavy atom. The van der Waals surface area contributed by atoms with E-state index in [4.69, 9.17) is 4.74 Å². The Morgan fingerprint density at radius 3 is 2.54 bits per heavy atom. The summed E-state index contributed by atoms with van der Waals surface area (Å²) in [4.78, 5) is 11.5. The molecule has 0 radical (unpaired) electrons. The number of thioether (sulfide) groups is 1. The lowest BCUT2D eigenvalue weighted by Gasteiger charge is -2.10. The first-order valence-corrected chi connectivity index (χ1v) is 7.70. The highest BCUT2D eigenvalue weighted by Crippen LogP contribution is 2.25. The van der Waals surface area contributed by atoms with Crippen LogP contribution in [0.3, 0.4) is 0 Å². The van der Waals surface area contributed by atoms with Gasteiger partial charge in [-0.1, -0.05) is 11.8 Å². The molecular formula is C13H13F3N4O3S. The van der Waals surface area contributed by atoms with Gasteiger partial charge in [0.25, 0.3) is 0 Å². The Bertz CT molecular complexity index is 689. The number of aromatic nitrogens is 4. The molecule has 1 heterocycles. The normalized spacial score (nSPS) is 11.6. The van der Waals surface area contributed by atoms with Gasteiger partial charge in [0, 0.05) is 0 Å². The molecule has 7 nitrogen and oxygen atoms in total. The molecule has 0 bridgehead atoms. The minimum absolute atomic E-state index is 0.00776. The minimum atomic E-state index is -4.76. The number of hydrogen-bond donors (Lipinski definition) is 0. The first-order chi connectivity index (χ1) is 11.2. The fourth-order valence-electron chi connectivity index (χ4n) is 1.64. The Kier molecular flexibility index (Phi) is 5.65. The van der Waals surface area contributed by atoms with Gasteiger partial charge in [0.05, 0.1) is 17.5 Å². The fraction of sp³-hybridized carbons (Fsp3) is 0.385. The van der Waals surface area contributed by atoms with Crippen molar-refractivity contribution in [2.24, 2.45) is 0 Å². The van der Waals surface area contributed by atoms with Crippen molar-refractivity contribution in [1.82, 2.24) is 20.2 Å². The van der Waals surface area contributed by atoms with Crippen LogP contribution < -0.4 is 4.74 Å². The molecule has 0 saturated heterocycles. The van der Waals surface area contributed by atoms with Crippen LogP contribution in [-0.4, -0.2) is 44.4 Å². The maximum absolute atomic E-state index is 12.1. The number of tetrazole rings is 1. The molecule has 0 unspecified atom stereocenters. The standard InChI is InChI=1S/C13H13F3N4O3S/c1-8(2)22-11(21)7-24-12-17-18-19-20(12)9-3-5-10(6-4-9)23-13(14,15)16/h3-6,8H,7H2,1-2H3. The number of nitrogens with zero attached hydrogens (tertiary/aromatic N) is 4. The zero-order valence-electron chi connectivity index (χ0n) is 12.6. The lowest BCUT2D eigenvalue weighted by atomic mass is 10.3. The van der Waals surface area contributed by atoms with E-state index in [1.165, 1.54) is 16.8 Å². The second-order valence-corrected chi connectivity index (χ2v) is 5.68. The number of benzene rings is 1. The number of alkyl halides is 3. The van der Waals surface area contributed by atoms with Crippen molar-refractivity contribution in [2.45, 2.75) is 31.5 Å². The van der Waals surface area contributed by atoms with E-state index in [0.29, 0.717) is 10.8 Å². The van der Waals surface area contributed by atoms with Crippen LogP contribution in [0.15, 0.2) is 29.4 Å². The van der Waals surface area contributed by atoms with Gasteiger partial charge < -0.3 is 9.47 Å². The number of hydrogen-bond acceptors (Lipinski definition) is 7. The number of carbonyl (C=O) groups excluding carboxylic acids is 1. The van der Waals surface area contributed by atoms with Crippen molar-refractivity contribution in [3.63, 3.8) is 0 Å². The summed E-state index contributed by atoms with van der Waals surface area (Å²) in [6, 6.07) is 5.03. The van der Waals surface area contributed by atoms with Crippen LogP contribution in [0.5, 0.6) is 5.75 Å². The van der Waals surface area contributed by atoms with Gasteiger partial charge in [-0.25, -0.2) is 0 Å². The average Bonchev–Trinajstić information content (AvgIpc) is 2.92. The summed E-state index contributed by atoms with van der Waals surface area (Å²) in [6.45, 7) is 3.47. The van der Waals surface area contributed by atoms with Gasteiger partial charge in [-0.15, -0.1) is 18.3 Å². The fourth-order valence-corrected chi connectivity index (χ4v) is 2.31. The predicted octanol–water partition coefficient (Wildman–Crippen LogP) is 2.60. The molecule has 0 aliphatic heterocycles. The third kappa shape index (κ3) is 5.41. The molecule has 0 fully saturated rings. The molecule has 0 N–H and O–H groups in total. The van der Waals surface area contributed by atoms with Crippen molar-refractivity contribution in [2.75, 3.05) is 5.75 Å². The summed E-state index contributed by atoms with van der Waals surface area (Å²) in [5.74, 6) is -0.763. The quantitative estimate of drug-likeness (QED) is 0.577. The van der Waals surface area contributed by atoms with Crippen molar-refractivity contribution in [1.29, 1.82) is 0 Å². The van der Waals surface area contributed by atoms with E-state index in [-0.39, 0.29) is 17.6 Å². The molecule has 130 valence electrons. The number of carbonyl (C=O) groups is 1. The summed E-state index contributed by atoms with van der Waals surface area (Å²) >= 11 is 1.05. The largest absolute Gasteiger partial charge is 0.573 e. The van der Waals surface area contributed by atoms with E-state index < -0.39 is 12.3 Å². The van der Waals surface area contributed by atoms with E-state index in [0.717, 1.165) is 23.9 Å². The highest BCUT2D eigenvalue weighted by atomic mass is 32.2. The van der Waals surface area contributed by atoms with Crippen molar-refractivity contribution < 1.29 is 27.4 Å². The Balaban J connectivity index is 2.05. The number of halogens is 3. The van der Waals surface area contributed by atoms with Crippen LogP contribution in [0.25, 0.3) is 5.69 Å². The van der Waals surface area contributed by atoms with E-state index in [1.807, 2.05) is 0 Å². The first kappa shape index (κ1) is 18.0. The maximum Gasteiger partial charge on any atom is 0.573 e. The van der Waals surface area contributed by atoms with Crippen molar-refractivity contribution >= 4 is 17.7 Å². The predicted molar refractivity (Wildman–Crippen MR) is 77.8 cm³/mol. The minimum Gasteiger partial charge on any atom is -0.462 e. The van der Waals surface area contributed by atoms with Crippen LogP contribution in [0.4, 0.5) is 13.2 Å². The molecule has 24 heavy (non-hydrogen) atoms. The summed E-state index contributed by atoms with van der Waals surface area (Å²) in [6.07, 6.45) is -4.98. The van der Waals surface area contributed by atoms with Gasteiger partial charge in [0.2, 0.25) is 5.16 Å². The summed E-state index contributed by atoms with van der Waals surface area (Å²) < 4.78 is 46.5. The molecule has 0 atom stereocenters. The van der Waals surface area contributed by atoms with Crippen LogP contribution >= 0.6 is 11.8 Å². The molecular weight excluding hydrogens is 349 g/mol. The zero-order chi connectivity index (χ0) is 17.7. The molecule has 1 aromatic carbocycles. The zero-order valence-corrected chi connectivity index (χ0v) is 13.5. The van der Waals surface area contributed by atoms with Gasteiger partial charge in [0.1, 0.15) is 5.75 Å². The molecule has 2 rings (SSSR count). The summed E-state index contributed by atoms with van der Waals surface area (Å²) in [5, 5.41) is 11.3. The van der Waals surface area contributed by atoms with Gasteiger partial charge in [-0.3, -0.25) is 4.79 Å². The smallest absolute Gasteiger partial charge is 0.462 e. The van der Waals surface area contributed by atoms with Gasteiger partial charge in [-0.2, -0.15) is 4.68 Å². The third-order valence-electron chi connectivity index (χ3n) is 2.44. The second kappa shape index (κ2) is 7.51. The van der Waals surface area contributed by atoms with Crippen molar-refractivity contribution in [3.05, 3.63) is 24.3 Å². The molecule has 0 aliphatic rings. The average molecular weight is 362 g/mol. The number of esters is 1. The van der Waals surface area contributed by atoms with Crippen LogP contribution in [0.2, 0.25) is 0 Å². The third-order valence-corrected chi connectivity index (χ3v) is 3.33. The van der Waals surface area contributed by atoms with E-state index in [2.05, 4.69) is 20.3 Å². The summed E-state index contributed by atoms with van der Waals surface area (Å²) in [5.41, 5.74) is 0.425. The van der Waals surface area contributed by atoms with Crippen LogP contribution in [0, 0.1) is 0 Å².